The van der Waals surface area contributed by atoms with Gasteiger partial charge in [0.25, 0.3) is 5.22 Å². The highest BCUT2D eigenvalue weighted by molar-refractivity contribution is 7.99. The van der Waals surface area contributed by atoms with Gasteiger partial charge < -0.3 is 4.42 Å². The van der Waals surface area contributed by atoms with Crippen molar-refractivity contribution < 1.29 is 12.8 Å². The maximum Gasteiger partial charge on any atom is 0.257 e. The molecule has 0 aliphatic heterocycles. The average molecular weight is 459 g/mol. The van der Waals surface area contributed by atoms with Crippen molar-refractivity contribution in [2.75, 3.05) is 0 Å². The first-order chi connectivity index (χ1) is 15.6. The summed E-state index contributed by atoms with van der Waals surface area (Å²) >= 11 is 1.45. The molecule has 158 valence electrons. The van der Waals surface area contributed by atoms with Gasteiger partial charge in [0.1, 0.15) is 5.52 Å². The molecule has 4 aromatic carbocycles. The van der Waals surface area contributed by atoms with E-state index in [-0.39, 0.29) is 10.1 Å². The van der Waals surface area contributed by atoms with Crippen molar-refractivity contribution in [2.24, 2.45) is 0 Å². The quantitative estimate of drug-likeness (QED) is 0.358. The van der Waals surface area contributed by atoms with E-state index in [2.05, 4.69) is 27.9 Å². The number of thioether (sulfide) groups is 1. The van der Waals surface area contributed by atoms with E-state index in [0.29, 0.717) is 10.8 Å². The third-order valence-corrected chi connectivity index (χ3v) is 8.36. The predicted molar refractivity (Wildman–Crippen MR) is 126 cm³/mol. The molecule has 1 aromatic heterocycles. The average Bonchev–Trinajstić information content (AvgIpc) is 3.35. The second-order valence-electron chi connectivity index (χ2n) is 7.69. The van der Waals surface area contributed by atoms with Crippen LogP contribution in [0.4, 0.5) is 0 Å². The lowest BCUT2D eigenvalue weighted by atomic mass is 10.1. The van der Waals surface area contributed by atoms with Gasteiger partial charge in [-0.15, -0.1) is 0 Å². The second kappa shape index (κ2) is 7.48. The number of aromatic nitrogens is 1. The van der Waals surface area contributed by atoms with E-state index in [1.165, 1.54) is 11.8 Å². The van der Waals surface area contributed by atoms with Gasteiger partial charge in [0.05, 0.1) is 16.2 Å². The van der Waals surface area contributed by atoms with Gasteiger partial charge in [0.2, 0.25) is 10.0 Å². The Morgan fingerprint density at radius 3 is 2.31 bits per heavy atom. The summed E-state index contributed by atoms with van der Waals surface area (Å²) in [7, 11) is -3.72. The molecule has 1 N–H and O–H groups in total. The molecule has 0 saturated heterocycles. The fourth-order valence-corrected chi connectivity index (χ4v) is 6.86. The monoisotopic (exact) mass is 458 g/mol. The molecule has 7 heteroatoms. The number of nitrogens with one attached hydrogen (secondary N) is 1. The van der Waals surface area contributed by atoms with Crippen LogP contribution in [0.1, 0.15) is 22.4 Å². The van der Waals surface area contributed by atoms with Crippen molar-refractivity contribution in [1.82, 2.24) is 9.71 Å². The van der Waals surface area contributed by atoms with Crippen molar-refractivity contribution in [1.29, 1.82) is 0 Å². The van der Waals surface area contributed by atoms with E-state index >= 15 is 0 Å². The summed E-state index contributed by atoms with van der Waals surface area (Å²) in [4.78, 5) is 4.86. The molecular formula is C25H18N2O3S2. The molecule has 0 bridgehead atoms. The van der Waals surface area contributed by atoms with E-state index in [4.69, 9.17) is 4.42 Å². The number of hydrogen-bond acceptors (Lipinski definition) is 5. The third-order valence-electron chi connectivity index (χ3n) is 5.75. The number of hydrogen-bond donors (Lipinski definition) is 1. The number of benzene rings is 4. The highest BCUT2D eigenvalue weighted by Gasteiger charge is 2.38. The SMILES string of the molecule is O=S(=O)(N[C@H]1c2cccc3cccc(c23)[C@H]1Sc1nc2ccccc2o1)c1ccccc1. The minimum Gasteiger partial charge on any atom is -0.431 e. The van der Waals surface area contributed by atoms with E-state index in [1.807, 2.05) is 42.5 Å². The Balaban J connectivity index is 1.45. The van der Waals surface area contributed by atoms with Crippen molar-refractivity contribution >= 4 is 43.7 Å². The fourth-order valence-electron chi connectivity index (χ4n) is 4.34. The lowest BCUT2D eigenvalue weighted by molar-refractivity contribution is 0.485. The van der Waals surface area contributed by atoms with Crippen molar-refractivity contribution in [3.05, 3.63) is 102 Å². The molecular weight excluding hydrogens is 440 g/mol. The van der Waals surface area contributed by atoms with E-state index in [0.717, 1.165) is 27.4 Å². The van der Waals surface area contributed by atoms with Crippen LogP contribution in [0.5, 0.6) is 0 Å². The number of oxazole rings is 1. The van der Waals surface area contributed by atoms with Crippen LogP contribution in [0.25, 0.3) is 21.9 Å². The van der Waals surface area contributed by atoms with E-state index < -0.39 is 16.1 Å². The number of nitrogens with zero attached hydrogens (tertiary/aromatic N) is 1. The van der Waals surface area contributed by atoms with Crippen LogP contribution < -0.4 is 4.72 Å². The summed E-state index contributed by atoms with van der Waals surface area (Å²) in [5, 5.41) is 2.47. The first-order valence-corrected chi connectivity index (χ1v) is 12.6. The normalized spacial score (nSPS) is 17.9. The summed E-state index contributed by atoms with van der Waals surface area (Å²) in [6.45, 7) is 0. The predicted octanol–water partition coefficient (Wildman–Crippen LogP) is 5.85. The minimum atomic E-state index is -3.72. The zero-order valence-electron chi connectivity index (χ0n) is 16.8. The van der Waals surface area contributed by atoms with Crippen molar-refractivity contribution in [2.45, 2.75) is 21.4 Å². The summed E-state index contributed by atoms with van der Waals surface area (Å²) in [6.07, 6.45) is 0. The first kappa shape index (κ1) is 19.5. The Morgan fingerprint density at radius 2 is 1.53 bits per heavy atom. The van der Waals surface area contributed by atoms with Gasteiger partial charge in [-0.25, -0.2) is 18.1 Å². The Morgan fingerprint density at radius 1 is 0.812 bits per heavy atom. The van der Waals surface area contributed by atoms with Gasteiger partial charge in [-0.1, -0.05) is 78.5 Å². The minimum absolute atomic E-state index is 0.220. The summed E-state index contributed by atoms with van der Waals surface area (Å²) < 4.78 is 35.4. The maximum atomic E-state index is 13.2. The van der Waals surface area contributed by atoms with E-state index in [1.54, 1.807) is 30.3 Å². The fraction of sp³-hybridized carbons (Fsp3) is 0.0800. The molecule has 0 fully saturated rings. The number of para-hydroxylation sites is 2. The van der Waals surface area contributed by atoms with Crippen LogP contribution >= 0.6 is 11.8 Å². The third kappa shape index (κ3) is 3.21. The molecule has 32 heavy (non-hydrogen) atoms. The lowest BCUT2D eigenvalue weighted by Gasteiger charge is -2.21. The van der Waals surface area contributed by atoms with Crippen LogP contribution in [-0.2, 0) is 10.0 Å². The Kier molecular flexibility index (Phi) is 4.57. The smallest absolute Gasteiger partial charge is 0.257 e. The summed E-state index contributed by atoms with van der Waals surface area (Å²) in [5.41, 5.74) is 3.53. The molecule has 5 nitrogen and oxygen atoms in total. The summed E-state index contributed by atoms with van der Waals surface area (Å²) in [6, 6.07) is 27.8. The zero-order valence-corrected chi connectivity index (χ0v) is 18.4. The zero-order chi connectivity index (χ0) is 21.7. The second-order valence-corrected chi connectivity index (χ2v) is 10.5. The van der Waals surface area contributed by atoms with Crippen LogP contribution in [0.2, 0.25) is 0 Å². The van der Waals surface area contributed by atoms with Gasteiger partial charge in [0.15, 0.2) is 5.58 Å². The molecule has 0 saturated carbocycles. The molecule has 0 spiro atoms. The Labute approximate surface area is 189 Å². The van der Waals surface area contributed by atoms with Crippen LogP contribution in [0.15, 0.2) is 106 Å². The van der Waals surface area contributed by atoms with Crippen LogP contribution in [0, 0.1) is 0 Å². The van der Waals surface area contributed by atoms with Gasteiger partial charge in [-0.2, -0.15) is 0 Å². The number of fused-ring (bicyclic) bond motifs is 1. The molecule has 0 amide bonds. The number of rotatable bonds is 5. The molecule has 2 atom stereocenters. The molecule has 1 aliphatic carbocycles. The molecule has 5 aromatic rings. The van der Waals surface area contributed by atoms with Gasteiger partial charge in [0, 0.05) is 0 Å². The van der Waals surface area contributed by atoms with Gasteiger partial charge in [-0.3, -0.25) is 0 Å². The largest absolute Gasteiger partial charge is 0.431 e. The molecule has 6 rings (SSSR count). The summed E-state index contributed by atoms with van der Waals surface area (Å²) in [5.74, 6) is 0. The van der Waals surface area contributed by atoms with Crippen molar-refractivity contribution in [3.8, 4) is 0 Å². The Bertz CT molecular complexity index is 1520. The topological polar surface area (TPSA) is 72.2 Å². The van der Waals surface area contributed by atoms with Crippen molar-refractivity contribution in [3.63, 3.8) is 0 Å². The molecule has 1 heterocycles. The van der Waals surface area contributed by atoms with Gasteiger partial charge >= 0.3 is 0 Å². The Hall–Kier alpha value is -3.13. The van der Waals surface area contributed by atoms with Gasteiger partial charge in [-0.05, 0) is 46.2 Å². The maximum absolute atomic E-state index is 13.2. The molecule has 1 aliphatic rings. The first-order valence-electron chi connectivity index (χ1n) is 10.2. The molecule has 0 radical (unpaired) electrons. The standard InChI is InChI=1S/C25H18N2O3S2/c28-32(29,17-10-2-1-3-11-17)27-23-18-12-6-8-16-9-7-13-19(22(16)18)24(23)31-25-26-20-14-4-5-15-21(20)30-25/h1-15,23-24,27H/t23-,24+/m0/s1. The van der Waals surface area contributed by atoms with E-state index in [9.17, 15) is 8.42 Å². The van der Waals surface area contributed by atoms with Crippen LogP contribution in [0.3, 0.4) is 0 Å². The van der Waals surface area contributed by atoms with Crippen LogP contribution in [-0.4, -0.2) is 13.4 Å². The highest BCUT2D eigenvalue weighted by Crippen LogP contribution is 2.53. The number of sulfonamides is 1. The molecule has 0 unspecified atom stereocenters. The lowest BCUT2D eigenvalue weighted by Crippen LogP contribution is -2.29. The highest BCUT2D eigenvalue weighted by atomic mass is 32.2.